The van der Waals surface area contributed by atoms with Crippen LogP contribution >= 0.6 is 0 Å². The molecule has 0 fully saturated rings. The van der Waals surface area contributed by atoms with Crippen LogP contribution in [0.5, 0.6) is 5.75 Å². The van der Waals surface area contributed by atoms with Gasteiger partial charge in [-0.2, -0.15) is 0 Å². The molecule has 2 amide bonds. The zero-order valence-corrected chi connectivity index (χ0v) is 15.0. The minimum atomic E-state index is -0.435. The Morgan fingerprint density at radius 3 is 2.64 bits per heavy atom. The third-order valence-corrected chi connectivity index (χ3v) is 3.82. The Labute approximate surface area is 147 Å². The summed E-state index contributed by atoms with van der Waals surface area (Å²) >= 11 is 0. The van der Waals surface area contributed by atoms with Crippen LogP contribution in [-0.2, 0) is 6.54 Å². The van der Waals surface area contributed by atoms with Crippen molar-refractivity contribution >= 4 is 6.03 Å². The van der Waals surface area contributed by atoms with E-state index in [9.17, 15) is 9.18 Å². The molecular formula is C19H24FN3O2. The molecule has 2 rings (SSSR count). The Hall–Kier alpha value is -2.63. The fraction of sp³-hybridized carbons (Fsp3) is 0.368. The monoisotopic (exact) mass is 345 g/mol. The van der Waals surface area contributed by atoms with Crippen molar-refractivity contribution in [3.8, 4) is 5.75 Å². The predicted molar refractivity (Wildman–Crippen MR) is 94.8 cm³/mol. The normalized spacial score (nSPS) is 11.9. The second-order valence-corrected chi connectivity index (χ2v) is 6.13. The lowest BCUT2D eigenvalue weighted by Gasteiger charge is -2.24. The molecule has 6 heteroatoms. The lowest BCUT2D eigenvalue weighted by molar-refractivity contribution is 0.193. The van der Waals surface area contributed by atoms with E-state index < -0.39 is 5.82 Å². The quantitative estimate of drug-likeness (QED) is 0.863. The molecule has 1 aromatic heterocycles. The van der Waals surface area contributed by atoms with Gasteiger partial charge in [0.1, 0.15) is 0 Å². The van der Waals surface area contributed by atoms with Gasteiger partial charge >= 0.3 is 6.03 Å². The van der Waals surface area contributed by atoms with Crippen LogP contribution in [0.25, 0.3) is 0 Å². The van der Waals surface area contributed by atoms with Gasteiger partial charge in [0.25, 0.3) is 0 Å². The molecule has 0 bridgehead atoms. The summed E-state index contributed by atoms with van der Waals surface area (Å²) < 4.78 is 19.4. The number of pyridine rings is 1. The van der Waals surface area contributed by atoms with Crippen LogP contribution in [0, 0.1) is 5.82 Å². The molecule has 1 atom stereocenters. The largest absolute Gasteiger partial charge is 0.488 e. The average molecular weight is 345 g/mol. The summed E-state index contributed by atoms with van der Waals surface area (Å²) in [6.45, 7) is 5.81. The van der Waals surface area contributed by atoms with Crippen molar-refractivity contribution in [1.82, 2.24) is 15.2 Å². The molecule has 0 saturated carbocycles. The molecule has 2 aromatic rings. The number of rotatable bonds is 6. The molecule has 25 heavy (non-hydrogen) atoms. The average Bonchev–Trinajstić information content (AvgIpc) is 2.61. The number of nitrogens with one attached hydrogen (secondary N) is 1. The van der Waals surface area contributed by atoms with Crippen molar-refractivity contribution in [1.29, 1.82) is 0 Å². The minimum absolute atomic E-state index is 0.0956. The van der Waals surface area contributed by atoms with Gasteiger partial charge in [-0.3, -0.25) is 4.98 Å². The zero-order valence-electron chi connectivity index (χ0n) is 15.0. The molecule has 0 aliphatic carbocycles. The maximum absolute atomic E-state index is 14.0. The Kier molecular flexibility index (Phi) is 6.33. The van der Waals surface area contributed by atoms with Gasteiger partial charge in [0.15, 0.2) is 11.6 Å². The van der Waals surface area contributed by atoms with E-state index >= 15 is 0 Å². The van der Waals surface area contributed by atoms with E-state index in [-0.39, 0.29) is 30.5 Å². The van der Waals surface area contributed by atoms with Crippen molar-refractivity contribution < 1.29 is 13.9 Å². The number of carbonyl (C=O) groups is 1. The number of hydrogen-bond acceptors (Lipinski definition) is 3. The second-order valence-electron chi connectivity index (χ2n) is 6.13. The molecule has 0 aliphatic heterocycles. The van der Waals surface area contributed by atoms with Crippen LogP contribution in [0.4, 0.5) is 9.18 Å². The van der Waals surface area contributed by atoms with Crippen LogP contribution < -0.4 is 10.1 Å². The van der Waals surface area contributed by atoms with Crippen molar-refractivity contribution in [2.24, 2.45) is 0 Å². The smallest absolute Gasteiger partial charge is 0.317 e. The highest BCUT2D eigenvalue weighted by atomic mass is 19.1. The van der Waals surface area contributed by atoms with Gasteiger partial charge in [0.2, 0.25) is 0 Å². The summed E-state index contributed by atoms with van der Waals surface area (Å²) in [5.41, 5.74) is 1.47. The van der Waals surface area contributed by atoms with E-state index in [2.05, 4.69) is 10.3 Å². The second kappa shape index (κ2) is 8.46. The van der Waals surface area contributed by atoms with Crippen molar-refractivity contribution in [3.63, 3.8) is 0 Å². The molecule has 1 N–H and O–H groups in total. The van der Waals surface area contributed by atoms with E-state index in [4.69, 9.17) is 4.74 Å². The zero-order chi connectivity index (χ0) is 18.4. The van der Waals surface area contributed by atoms with Gasteiger partial charge in [0, 0.05) is 19.8 Å². The van der Waals surface area contributed by atoms with Crippen LogP contribution in [-0.4, -0.2) is 29.1 Å². The van der Waals surface area contributed by atoms with Crippen LogP contribution in [0.1, 0.15) is 38.1 Å². The Balaban J connectivity index is 1.94. The summed E-state index contributed by atoms with van der Waals surface area (Å²) in [5, 5.41) is 2.79. The molecule has 0 radical (unpaired) electrons. The maximum Gasteiger partial charge on any atom is 0.317 e. The molecule has 1 heterocycles. The third-order valence-electron chi connectivity index (χ3n) is 3.82. The van der Waals surface area contributed by atoms with Gasteiger partial charge in [-0.15, -0.1) is 0 Å². The molecule has 0 aliphatic rings. The number of benzene rings is 1. The number of aromatic nitrogens is 1. The standard InChI is InChI=1S/C19H24FN3O2/c1-13(2)25-18-9-8-15(11-16(18)20)12-22-19(24)23(4)14(3)17-7-5-6-10-21-17/h5-11,13-14H,12H2,1-4H3,(H,22,24)/t14-/m1/s1. The first-order valence-corrected chi connectivity index (χ1v) is 8.25. The van der Waals surface area contributed by atoms with Gasteiger partial charge in [-0.05, 0) is 50.6 Å². The molecular weight excluding hydrogens is 321 g/mol. The number of amides is 2. The molecule has 0 saturated heterocycles. The molecule has 134 valence electrons. The summed E-state index contributed by atoms with van der Waals surface area (Å²) in [7, 11) is 1.70. The fourth-order valence-corrected chi connectivity index (χ4v) is 2.30. The fourth-order valence-electron chi connectivity index (χ4n) is 2.30. The van der Waals surface area contributed by atoms with Gasteiger partial charge in [-0.25, -0.2) is 9.18 Å². The number of hydrogen-bond donors (Lipinski definition) is 1. The highest BCUT2D eigenvalue weighted by Crippen LogP contribution is 2.20. The molecule has 1 aromatic carbocycles. The Morgan fingerprint density at radius 1 is 1.28 bits per heavy atom. The van der Waals surface area contributed by atoms with Crippen LogP contribution in [0.3, 0.4) is 0 Å². The van der Waals surface area contributed by atoms with Gasteiger partial charge < -0.3 is 15.0 Å². The number of carbonyl (C=O) groups excluding carboxylic acids is 1. The van der Waals surface area contributed by atoms with Crippen LogP contribution in [0.15, 0.2) is 42.6 Å². The first-order valence-electron chi connectivity index (χ1n) is 8.25. The first-order chi connectivity index (χ1) is 11.9. The predicted octanol–water partition coefficient (Wildman–Crippen LogP) is 3.91. The van der Waals surface area contributed by atoms with E-state index in [1.165, 1.54) is 6.07 Å². The summed E-state index contributed by atoms with van der Waals surface area (Å²) in [4.78, 5) is 18.1. The maximum atomic E-state index is 14.0. The summed E-state index contributed by atoms with van der Waals surface area (Å²) in [5.74, 6) is -0.221. The molecule has 0 spiro atoms. The number of nitrogens with zero attached hydrogens (tertiary/aromatic N) is 2. The Morgan fingerprint density at radius 2 is 2.04 bits per heavy atom. The first kappa shape index (κ1) is 18.7. The van der Waals surface area contributed by atoms with Gasteiger partial charge in [0.05, 0.1) is 17.8 Å². The van der Waals surface area contributed by atoms with E-state index in [0.717, 1.165) is 5.69 Å². The third kappa shape index (κ3) is 5.17. The molecule has 5 nitrogen and oxygen atoms in total. The SMILES string of the molecule is CC(C)Oc1ccc(CNC(=O)N(C)[C@H](C)c2ccccn2)cc1F. The highest BCUT2D eigenvalue weighted by molar-refractivity contribution is 5.74. The van der Waals surface area contributed by atoms with Crippen molar-refractivity contribution in [2.75, 3.05) is 7.05 Å². The Bertz CT molecular complexity index is 707. The number of urea groups is 1. The summed E-state index contributed by atoms with van der Waals surface area (Å²) in [6.07, 6.45) is 1.60. The number of ether oxygens (including phenoxy) is 1. The molecule has 0 unspecified atom stereocenters. The number of halogens is 1. The minimum Gasteiger partial charge on any atom is -0.488 e. The van der Waals surface area contributed by atoms with Gasteiger partial charge in [-0.1, -0.05) is 12.1 Å². The summed E-state index contributed by atoms with van der Waals surface area (Å²) in [6, 6.07) is 9.87. The van der Waals surface area contributed by atoms with Crippen LogP contribution in [0.2, 0.25) is 0 Å². The van der Waals surface area contributed by atoms with E-state index in [1.807, 2.05) is 39.0 Å². The lowest BCUT2D eigenvalue weighted by Crippen LogP contribution is -2.38. The van der Waals surface area contributed by atoms with Crippen molar-refractivity contribution in [2.45, 2.75) is 39.5 Å². The van der Waals surface area contributed by atoms with Crippen molar-refractivity contribution in [3.05, 3.63) is 59.7 Å². The van der Waals surface area contributed by atoms with E-state index in [1.54, 1.807) is 30.3 Å². The highest BCUT2D eigenvalue weighted by Gasteiger charge is 2.18. The van der Waals surface area contributed by atoms with E-state index in [0.29, 0.717) is 5.56 Å². The lowest BCUT2D eigenvalue weighted by atomic mass is 10.2. The topological polar surface area (TPSA) is 54.5 Å².